The Hall–Kier alpha value is -2.94. The third-order valence-corrected chi connectivity index (χ3v) is 5.02. The molecule has 0 bridgehead atoms. The molecule has 27 heavy (non-hydrogen) atoms. The molecule has 1 fully saturated rings. The Morgan fingerprint density at radius 3 is 2.70 bits per heavy atom. The first-order valence-electron chi connectivity index (χ1n) is 8.51. The summed E-state index contributed by atoms with van der Waals surface area (Å²) in [5.74, 6) is -0.472. The number of hydrogen-bond acceptors (Lipinski definition) is 6. The number of nitrogens with zero attached hydrogens (tertiary/aromatic N) is 2. The summed E-state index contributed by atoms with van der Waals surface area (Å²) in [6.07, 6.45) is 1.34. The fourth-order valence-electron chi connectivity index (χ4n) is 2.71. The van der Waals surface area contributed by atoms with Gasteiger partial charge < -0.3 is 15.0 Å². The van der Waals surface area contributed by atoms with Crippen molar-refractivity contribution < 1.29 is 19.1 Å². The smallest absolute Gasteiger partial charge is 0.328 e. The van der Waals surface area contributed by atoms with Crippen LogP contribution >= 0.6 is 11.3 Å². The minimum absolute atomic E-state index is 0.0963. The molecule has 1 unspecified atom stereocenters. The van der Waals surface area contributed by atoms with Gasteiger partial charge in [-0.2, -0.15) is 0 Å². The molecule has 9 heteroatoms. The lowest BCUT2D eigenvalue weighted by molar-refractivity contribution is -0.159. The Kier molecular flexibility index (Phi) is 6.02. The number of ether oxygens (including phenoxy) is 1. The summed E-state index contributed by atoms with van der Waals surface area (Å²) in [5, 5.41) is 7.65. The Morgan fingerprint density at radius 2 is 2.04 bits per heavy atom. The van der Waals surface area contributed by atoms with Crippen LogP contribution in [0.5, 0.6) is 0 Å². The predicted molar refractivity (Wildman–Crippen MR) is 102 cm³/mol. The van der Waals surface area contributed by atoms with Crippen molar-refractivity contribution in [1.29, 1.82) is 0 Å². The Bertz CT molecular complexity index is 824. The van der Waals surface area contributed by atoms with E-state index >= 15 is 0 Å². The van der Waals surface area contributed by atoms with Crippen LogP contribution < -0.4 is 10.6 Å². The zero-order valence-corrected chi connectivity index (χ0v) is 15.6. The van der Waals surface area contributed by atoms with E-state index in [2.05, 4.69) is 15.6 Å². The summed E-state index contributed by atoms with van der Waals surface area (Å²) in [4.78, 5) is 41.6. The third-order valence-electron chi connectivity index (χ3n) is 4.21. The van der Waals surface area contributed by atoms with E-state index in [1.165, 1.54) is 23.3 Å². The molecule has 3 amide bonds. The molecule has 1 atom stereocenters. The number of likely N-dealkylation sites (tertiary alicyclic amines) is 1. The number of carbonyl (C=O) groups is 3. The number of methoxy groups -OCH3 is 1. The largest absolute Gasteiger partial charge is 0.467 e. The van der Waals surface area contributed by atoms with Gasteiger partial charge in [0, 0.05) is 24.0 Å². The van der Waals surface area contributed by atoms with Gasteiger partial charge in [-0.3, -0.25) is 10.1 Å². The van der Waals surface area contributed by atoms with E-state index in [1.807, 2.05) is 18.2 Å². The minimum Gasteiger partial charge on any atom is -0.467 e. The molecule has 1 aliphatic heterocycles. The van der Waals surface area contributed by atoms with Crippen LogP contribution in [0.2, 0.25) is 0 Å². The molecule has 1 saturated heterocycles. The quantitative estimate of drug-likeness (QED) is 0.741. The number of aromatic nitrogens is 1. The van der Waals surface area contributed by atoms with Crippen molar-refractivity contribution in [3.05, 3.63) is 41.4 Å². The second-order valence-electron chi connectivity index (χ2n) is 6.00. The monoisotopic (exact) mass is 388 g/mol. The molecule has 1 aromatic heterocycles. The molecular weight excluding hydrogens is 368 g/mol. The van der Waals surface area contributed by atoms with Gasteiger partial charge in [0.25, 0.3) is 0 Å². The van der Waals surface area contributed by atoms with Gasteiger partial charge in [0.2, 0.25) is 5.91 Å². The van der Waals surface area contributed by atoms with Crippen LogP contribution in [0.4, 0.5) is 15.6 Å². The molecule has 2 aromatic rings. The lowest BCUT2D eigenvalue weighted by Gasteiger charge is -2.38. The Balaban J connectivity index is 1.46. The number of carbonyl (C=O) groups excluding carboxylic acids is 3. The third kappa shape index (κ3) is 4.82. The van der Waals surface area contributed by atoms with Crippen LogP contribution in [0.1, 0.15) is 18.5 Å². The van der Waals surface area contributed by atoms with Gasteiger partial charge in [0.1, 0.15) is 6.04 Å². The molecule has 0 spiro atoms. The average Bonchev–Trinajstić information content (AvgIpc) is 3.07. The number of rotatable bonds is 6. The first kappa shape index (κ1) is 18.8. The van der Waals surface area contributed by atoms with Crippen molar-refractivity contribution in [3.8, 4) is 0 Å². The number of hydrogen-bond donors (Lipinski definition) is 2. The number of esters is 1. The highest BCUT2D eigenvalue weighted by Gasteiger charge is 2.37. The molecule has 142 valence electrons. The molecule has 8 nitrogen and oxygen atoms in total. The number of thiazole rings is 1. The zero-order chi connectivity index (χ0) is 19.2. The summed E-state index contributed by atoms with van der Waals surface area (Å²) < 4.78 is 4.69. The molecular formula is C18H20N4O4S. The highest BCUT2D eigenvalue weighted by Crippen LogP contribution is 2.22. The van der Waals surface area contributed by atoms with Crippen molar-refractivity contribution in [3.63, 3.8) is 0 Å². The number of benzene rings is 1. The molecule has 0 saturated carbocycles. The SMILES string of the molecule is COC(=O)C1CCN1C(=O)CCc1csc(NC(=O)Nc2ccccc2)n1. The summed E-state index contributed by atoms with van der Waals surface area (Å²) in [6, 6.07) is 8.27. The van der Waals surface area contributed by atoms with Gasteiger partial charge in [-0.15, -0.1) is 11.3 Å². The first-order valence-corrected chi connectivity index (χ1v) is 9.39. The Morgan fingerprint density at radius 1 is 1.26 bits per heavy atom. The van der Waals surface area contributed by atoms with Crippen LogP contribution in [0, 0.1) is 0 Å². The van der Waals surface area contributed by atoms with Crippen LogP contribution in [0.15, 0.2) is 35.7 Å². The molecule has 2 N–H and O–H groups in total. The zero-order valence-electron chi connectivity index (χ0n) is 14.8. The standard InChI is InChI=1S/C18H20N4O4S/c1-26-16(24)14-9-10-22(14)15(23)8-7-13-11-27-18(20-13)21-17(25)19-12-5-3-2-4-6-12/h2-6,11,14H,7-10H2,1H3,(H2,19,20,21,25). The average molecular weight is 388 g/mol. The lowest BCUT2D eigenvalue weighted by atomic mass is 10.0. The van der Waals surface area contributed by atoms with E-state index in [1.54, 1.807) is 17.5 Å². The van der Waals surface area contributed by atoms with Crippen LogP contribution in [-0.2, 0) is 20.7 Å². The Labute approximate surface area is 160 Å². The van der Waals surface area contributed by atoms with Crippen molar-refractivity contribution in [2.24, 2.45) is 0 Å². The van der Waals surface area contributed by atoms with Gasteiger partial charge in [-0.05, 0) is 25.0 Å². The number of anilines is 2. The van der Waals surface area contributed by atoms with Crippen LogP contribution in [0.25, 0.3) is 0 Å². The normalized spacial score (nSPS) is 15.6. The topological polar surface area (TPSA) is 101 Å². The maximum atomic E-state index is 12.2. The molecule has 1 aromatic carbocycles. The summed E-state index contributed by atoms with van der Waals surface area (Å²) in [7, 11) is 1.32. The second kappa shape index (κ2) is 8.63. The van der Waals surface area contributed by atoms with E-state index in [0.29, 0.717) is 30.2 Å². The van der Waals surface area contributed by atoms with Crippen molar-refractivity contribution in [2.45, 2.75) is 25.3 Å². The second-order valence-corrected chi connectivity index (χ2v) is 6.86. The van der Waals surface area contributed by atoms with Gasteiger partial charge in [-0.1, -0.05) is 18.2 Å². The predicted octanol–water partition coefficient (Wildman–Crippen LogP) is 2.49. The molecule has 0 aliphatic carbocycles. The highest BCUT2D eigenvalue weighted by atomic mass is 32.1. The number of urea groups is 1. The van der Waals surface area contributed by atoms with Gasteiger partial charge in [0.05, 0.1) is 12.8 Å². The highest BCUT2D eigenvalue weighted by molar-refractivity contribution is 7.13. The number of para-hydroxylation sites is 1. The summed E-state index contributed by atoms with van der Waals surface area (Å²) in [5.41, 5.74) is 1.41. The number of amides is 3. The fourth-order valence-corrected chi connectivity index (χ4v) is 3.45. The molecule has 3 rings (SSSR count). The minimum atomic E-state index is -0.461. The fraction of sp³-hybridized carbons (Fsp3) is 0.333. The number of nitrogens with one attached hydrogen (secondary N) is 2. The van der Waals surface area contributed by atoms with Crippen molar-refractivity contribution in [2.75, 3.05) is 24.3 Å². The maximum Gasteiger partial charge on any atom is 0.328 e. The summed E-state index contributed by atoms with van der Waals surface area (Å²) in [6.45, 7) is 0.572. The van der Waals surface area contributed by atoms with E-state index in [0.717, 1.165) is 5.69 Å². The number of aryl methyl sites for hydroxylation is 1. The van der Waals surface area contributed by atoms with E-state index < -0.39 is 6.04 Å². The maximum absolute atomic E-state index is 12.2. The van der Waals surface area contributed by atoms with Crippen molar-refractivity contribution >= 4 is 40.1 Å². The first-order chi connectivity index (χ1) is 13.1. The molecule has 1 aliphatic rings. The molecule has 2 heterocycles. The lowest BCUT2D eigenvalue weighted by Crippen LogP contribution is -2.55. The van der Waals surface area contributed by atoms with E-state index in [9.17, 15) is 14.4 Å². The van der Waals surface area contributed by atoms with Gasteiger partial charge in [0.15, 0.2) is 5.13 Å². The van der Waals surface area contributed by atoms with E-state index in [-0.39, 0.29) is 24.3 Å². The van der Waals surface area contributed by atoms with Gasteiger partial charge >= 0.3 is 12.0 Å². The van der Waals surface area contributed by atoms with Gasteiger partial charge in [-0.25, -0.2) is 14.6 Å². The van der Waals surface area contributed by atoms with Crippen LogP contribution in [0.3, 0.4) is 0 Å². The van der Waals surface area contributed by atoms with Crippen molar-refractivity contribution in [1.82, 2.24) is 9.88 Å². The molecule has 0 radical (unpaired) electrons. The van der Waals surface area contributed by atoms with Crippen LogP contribution in [-0.4, -0.2) is 47.5 Å². The van der Waals surface area contributed by atoms with E-state index in [4.69, 9.17) is 4.74 Å². The summed E-state index contributed by atoms with van der Waals surface area (Å²) >= 11 is 1.30.